The van der Waals surface area contributed by atoms with E-state index in [1.54, 1.807) is 12.0 Å². The molecule has 0 aromatic carbocycles. The molecule has 2 saturated heterocycles. The van der Waals surface area contributed by atoms with Gasteiger partial charge >= 0.3 is 12.0 Å². The molecule has 0 aromatic rings. The van der Waals surface area contributed by atoms with Gasteiger partial charge in [0.15, 0.2) is 0 Å². The highest BCUT2D eigenvalue weighted by Crippen LogP contribution is 2.41. The summed E-state index contributed by atoms with van der Waals surface area (Å²) in [5.41, 5.74) is -0.0311. The van der Waals surface area contributed by atoms with Gasteiger partial charge in [-0.1, -0.05) is 13.8 Å². The molecule has 2 amide bonds. The molecule has 21 heavy (non-hydrogen) atoms. The Hall–Kier alpha value is -1.30. The number of nitrogens with zero attached hydrogens (tertiary/aromatic N) is 1. The largest absolute Gasteiger partial charge is 0.481 e. The van der Waals surface area contributed by atoms with E-state index in [0.29, 0.717) is 19.6 Å². The molecule has 2 aliphatic heterocycles. The van der Waals surface area contributed by atoms with Crippen LogP contribution in [0.1, 0.15) is 39.5 Å². The molecule has 2 fully saturated rings. The Morgan fingerprint density at radius 1 is 1.38 bits per heavy atom. The minimum atomic E-state index is -0.777. The summed E-state index contributed by atoms with van der Waals surface area (Å²) >= 11 is 0. The number of urea groups is 1. The third-order valence-corrected chi connectivity index (χ3v) is 4.79. The first-order valence-corrected chi connectivity index (χ1v) is 7.63. The number of carboxylic acids is 1. The van der Waals surface area contributed by atoms with E-state index in [-0.39, 0.29) is 23.5 Å². The van der Waals surface area contributed by atoms with E-state index in [4.69, 9.17) is 4.74 Å². The Bertz CT molecular complexity index is 410. The van der Waals surface area contributed by atoms with Crippen LogP contribution < -0.4 is 5.32 Å². The normalized spacial score (nSPS) is 28.0. The zero-order valence-corrected chi connectivity index (χ0v) is 13.1. The zero-order chi connectivity index (χ0) is 15.6. The lowest BCUT2D eigenvalue weighted by molar-refractivity contribution is -0.142. The van der Waals surface area contributed by atoms with Crippen molar-refractivity contribution in [2.24, 2.45) is 11.3 Å². The minimum absolute atomic E-state index is 0.0311. The fourth-order valence-electron chi connectivity index (χ4n) is 3.44. The van der Waals surface area contributed by atoms with Crippen LogP contribution in [0, 0.1) is 11.3 Å². The lowest BCUT2D eigenvalue weighted by Crippen LogP contribution is -2.46. The SMILES string of the molecule is COCCC(C)(C)CNC(=O)N1C2CCC1C(C(=O)O)C2. The number of hydrogen-bond acceptors (Lipinski definition) is 3. The molecular formula is C15H26N2O4. The van der Waals surface area contributed by atoms with Gasteiger partial charge in [-0.3, -0.25) is 4.79 Å². The number of amides is 2. The first-order chi connectivity index (χ1) is 9.85. The lowest BCUT2D eigenvalue weighted by atomic mass is 9.89. The van der Waals surface area contributed by atoms with Gasteiger partial charge in [0.05, 0.1) is 5.92 Å². The zero-order valence-electron chi connectivity index (χ0n) is 13.1. The predicted octanol–water partition coefficient (Wildman–Crippen LogP) is 1.70. The van der Waals surface area contributed by atoms with E-state index in [1.165, 1.54) is 0 Å². The van der Waals surface area contributed by atoms with Gasteiger partial charge in [-0.05, 0) is 31.1 Å². The van der Waals surface area contributed by atoms with Crippen molar-refractivity contribution in [1.82, 2.24) is 10.2 Å². The van der Waals surface area contributed by atoms with Gasteiger partial charge in [0.2, 0.25) is 0 Å². The number of fused-ring (bicyclic) bond motifs is 2. The van der Waals surface area contributed by atoms with Crippen molar-refractivity contribution in [3.63, 3.8) is 0 Å². The Morgan fingerprint density at radius 3 is 2.67 bits per heavy atom. The Morgan fingerprint density at radius 2 is 2.10 bits per heavy atom. The van der Waals surface area contributed by atoms with Crippen LogP contribution in [0.2, 0.25) is 0 Å². The molecule has 2 N–H and O–H groups in total. The van der Waals surface area contributed by atoms with Gasteiger partial charge in [0.25, 0.3) is 0 Å². The molecule has 0 radical (unpaired) electrons. The number of carbonyl (C=O) groups excluding carboxylic acids is 1. The molecule has 6 nitrogen and oxygen atoms in total. The van der Waals surface area contributed by atoms with E-state index < -0.39 is 11.9 Å². The first kappa shape index (κ1) is 16.1. The molecule has 2 aliphatic rings. The molecule has 0 aliphatic carbocycles. The standard InChI is InChI=1S/C15H26N2O4/c1-15(2,6-7-21-3)9-16-14(20)17-10-4-5-12(17)11(8-10)13(18)19/h10-12H,4-9H2,1-3H3,(H,16,20)(H,18,19). The lowest BCUT2D eigenvalue weighted by Gasteiger charge is -2.28. The second-order valence-electron chi connectivity index (χ2n) is 6.95. The number of ether oxygens (including phenoxy) is 1. The van der Waals surface area contributed by atoms with Crippen LogP contribution in [0.4, 0.5) is 4.79 Å². The van der Waals surface area contributed by atoms with Crippen LogP contribution >= 0.6 is 0 Å². The summed E-state index contributed by atoms with van der Waals surface area (Å²) in [5, 5.41) is 12.2. The highest BCUT2D eigenvalue weighted by molar-refractivity contribution is 5.79. The quantitative estimate of drug-likeness (QED) is 0.782. The maximum absolute atomic E-state index is 12.4. The molecule has 3 unspecified atom stereocenters. The highest BCUT2D eigenvalue weighted by atomic mass is 16.5. The summed E-state index contributed by atoms with van der Waals surface area (Å²) in [5.74, 6) is -1.17. The number of rotatable bonds is 6. The minimum Gasteiger partial charge on any atom is -0.481 e. The summed E-state index contributed by atoms with van der Waals surface area (Å²) in [6, 6.07) is -0.149. The van der Waals surface area contributed by atoms with Crippen molar-refractivity contribution in [2.75, 3.05) is 20.3 Å². The van der Waals surface area contributed by atoms with E-state index in [9.17, 15) is 14.7 Å². The Balaban J connectivity index is 1.88. The summed E-state index contributed by atoms with van der Waals surface area (Å²) < 4.78 is 5.08. The van der Waals surface area contributed by atoms with Crippen LogP contribution in [0.15, 0.2) is 0 Å². The molecule has 6 heteroatoms. The Kier molecular flexibility index (Phi) is 4.76. The third kappa shape index (κ3) is 3.48. The molecular weight excluding hydrogens is 272 g/mol. The smallest absolute Gasteiger partial charge is 0.317 e. The van der Waals surface area contributed by atoms with Gasteiger partial charge in [-0.15, -0.1) is 0 Å². The molecule has 0 saturated carbocycles. The molecule has 2 rings (SSSR count). The van der Waals surface area contributed by atoms with Gasteiger partial charge in [0, 0.05) is 32.3 Å². The highest BCUT2D eigenvalue weighted by Gasteiger charge is 2.51. The predicted molar refractivity (Wildman–Crippen MR) is 78.1 cm³/mol. The van der Waals surface area contributed by atoms with Crippen LogP contribution in [0.25, 0.3) is 0 Å². The molecule has 2 heterocycles. The van der Waals surface area contributed by atoms with Crippen LogP contribution in [0.5, 0.6) is 0 Å². The summed E-state index contributed by atoms with van der Waals surface area (Å²) in [7, 11) is 1.67. The monoisotopic (exact) mass is 298 g/mol. The molecule has 3 atom stereocenters. The van der Waals surface area contributed by atoms with Crippen LogP contribution in [0.3, 0.4) is 0 Å². The number of nitrogens with one attached hydrogen (secondary N) is 1. The molecule has 0 aromatic heterocycles. The number of hydrogen-bond donors (Lipinski definition) is 2. The van der Waals surface area contributed by atoms with E-state index >= 15 is 0 Å². The molecule has 0 spiro atoms. The summed E-state index contributed by atoms with van der Waals surface area (Å²) in [6.07, 6.45) is 3.20. The van der Waals surface area contributed by atoms with Crippen molar-refractivity contribution in [3.8, 4) is 0 Å². The fraction of sp³-hybridized carbons (Fsp3) is 0.867. The number of methoxy groups -OCH3 is 1. The van der Waals surface area contributed by atoms with Crippen molar-refractivity contribution < 1.29 is 19.4 Å². The maximum Gasteiger partial charge on any atom is 0.317 e. The van der Waals surface area contributed by atoms with Crippen molar-refractivity contribution >= 4 is 12.0 Å². The van der Waals surface area contributed by atoms with Gasteiger partial charge in [-0.2, -0.15) is 0 Å². The fourth-order valence-corrected chi connectivity index (χ4v) is 3.44. The average Bonchev–Trinajstić information content (AvgIpc) is 3.00. The van der Waals surface area contributed by atoms with Crippen molar-refractivity contribution in [1.29, 1.82) is 0 Å². The van der Waals surface area contributed by atoms with Crippen LogP contribution in [-0.2, 0) is 9.53 Å². The Labute approximate surface area is 125 Å². The van der Waals surface area contributed by atoms with Crippen LogP contribution in [-0.4, -0.2) is 54.4 Å². The molecule has 2 bridgehead atoms. The van der Waals surface area contributed by atoms with E-state index in [0.717, 1.165) is 19.3 Å². The number of carbonyl (C=O) groups is 2. The van der Waals surface area contributed by atoms with Gasteiger partial charge in [-0.25, -0.2) is 4.79 Å². The van der Waals surface area contributed by atoms with Crippen molar-refractivity contribution in [3.05, 3.63) is 0 Å². The van der Waals surface area contributed by atoms with E-state index in [1.807, 2.05) is 0 Å². The van der Waals surface area contributed by atoms with E-state index in [2.05, 4.69) is 19.2 Å². The summed E-state index contributed by atoms with van der Waals surface area (Å²) in [4.78, 5) is 25.4. The second-order valence-corrected chi connectivity index (χ2v) is 6.95. The number of aliphatic carboxylic acids is 1. The topological polar surface area (TPSA) is 78.9 Å². The second kappa shape index (κ2) is 6.22. The van der Waals surface area contributed by atoms with Gasteiger partial charge < -0.3 is 20.1 Å². The van der Waals surface area contributed by atoms with Crippen molar-refractivity contribution in [2.45, 2.75) is 51.6 Å². The first-order valence-electron chi connectivity index (χ1n) is 7.63. The maximum atomic E-state index is 12.4. The number of carboxylic acid groups (broad SMARTS) is 1. The third-order valence-electron chi connectivity index (χ3n) is 4.79. The molecule has 120 valence electrons. The average molecular weight is 298 g/mol. The van der Waals surface area contributed by atoms with Gasteiger partial charge in [0.1, 0.15) is 0 Å². The summed E-state index contributed by atoms with van der Waals surface area (Å²) in [6.45, 7) is 5.41.